The predicted molar refractivity (Wildman–Crippen MR) is 142 cm³/mol. The normalized spacial score (nSPS) is 38.8. The van der Waals surface area contributed by atoms with Gasteiger partial charge in [-0.2, -0.15) is 0 Å². The zero-order valence-electron chi connectivity index (χ0n) is 21.1. The van der Waals surface area contributed by atoms with Crippen molar-refractivity contribution >= 4 is 0 Å². The SMILES string of the molecule is C1=C[C@H]2[C@H]3Cc4cccc5c4[C@@]2(CCN3)[C@H](C1)O5.CCNC1Cc2cccc3c2C2C(CC=CC12)O3. The van der Waals surface area contributed by atoms with Crippen molar-refractivity contribution in [1.29, 1.82) is 0 Å². The van der Waals surface area contributed by atoms with Gasteiger partial charge in [0.15, 0.2) is 0 Å². The van der Waals surface area contributed by atoms with Crippen molar-refractivity contribution in [2.75, 3.05) is 13.1 Å². The number of nitrogens with one attached hydrogen (secondary N) is 2. The minimum atomic E-state index is 0.287. The van der Waals surface area contributed by atoms with Crippen LogP contribution in [-0.4, -0.2) is 37.4 Å². The van der Waals surface area contributed by atoms with Crippen LogP contribution in [0.1, 0.15) is 54.4 Å². The highest BCUT2D eigenvalue weighted by Gasteiger charge is 2.60. The summed E-state index contributed by atoms with van der Waals surface area (Å²) in [7, 11) is 0. The van der Waals surface area contributed by atoms with Gasteiger partial charge in [-0.15, -0.1) is 0 Å². The summed E-state index contributed by atoms with van der Waals surface area (Å²) in [5.41, 5.74) is 6.37. The summed E-state index contributed by atoms with van der Waals surface area (Å²) < 4.78 is 12.4. The maximum Gasteiger partial charge on any atom is 0.123 e. The fraction of sp³-hybridized carbons (Fsp3) is 0.500. The van der Waals surface area contributed by atoms with Crippen LogP contribution in [-0.2, 0) is 18.3 Å². The Bertz CT molecular complexity index is 1270. The van der Waals surface area contributed by atoms with Crippen LogP contribution in [0, 0.1) is 11.8 Å². The van der Waals surface area contributed by atoms with E-state index in [1.54, 1.807) is 5.56 Å². The van der Waals surface area contributed by atoms with Gasteiger partial charge in [-0.3, -0.25) is 0 Å². The summed E-state index contributed by atoms with van der Waals surface area (Å²) in [6.45, 7) is 4.38. The summed E-state index contributed by atoms with van der Waals surface area (Å²) in [6, 6.07) is 14.4. The lowest BCUT2D eigenvalue weighted by atomic mass is 9.54. The van der Waals surface area contributed by atoms with E-state index in [0.29, 0.717) is 42.0 Å². The quantitative estimate of drug-likeness (QED) is 0.605. The number of hydrogen-bond donors (Lipinski definition) is 2. The van der Waals surface area contributed by atoms with E-state index in [9.17, 15) is 0 Å². The van der Waals surface area contributed by atoms with E-state index in [4.69, 9.17) is 9.47 Å². The van der Waals surface area contributed by atoms with Gasteiger partial charge in [0.2, 0.25) is 0 Å². The van der Waals surface area contributed by atoms with Crippen molar-refractivity contribution in [1.82, 2.24) is 10.6 Å². The molecule has 1 spiro atoms. The first-order chi connectivity index (χ1) is 17.8. The molecule has 2 N–H and O–H groups in total. The van der Waals surface area contributed by atoms with Crippen molar-refractivity contribution in [3.8, 4) is 11.5 Å². The summed E-state index contributed by atoms with van der Waals surface area (Å²) in [4.78, 5) is 0. The summed E-state index contributed by atoms with van der Waals surface area (Å²) in [5, 5.41) is 7.38. The summed E-state index contributed by atoms with van der Waals surface area (Å²) in [6.07, 6.45) is 16.0. The maximum absolute atomic E-state index is 6.30. The first kappa shape index (κ1) is 21.5. The maximum atomic E-state index is 6.30. The lowest BCUT2D eigenvalue weighted by Crippen LogP contribution is -2.62. The van der Waals surface area contributed by atoms with Crippen molar-refractivity contribution in [2.45, 2.75) is 74.7 Å². The van der Waals surface area contributed by atoms with Gasteiger partial charge in [-0.1, -0.05) is 55.5 Å². The molecule has 0 saturated carbocycles. The molecule has 2 aromatic carbocycles. The molecule has 36 heavy (non-hydrogen) atoms. The summed E-state index contributed by atoms with van der Waals surface area (Å²) in [5.74, 6) is 4.15. The Morgan fingerprint density at radius 3 is 2.75 bits per heavy atom. The van der Waals surface area contributed by atoms with E-state index in [0.717, 1.165) is 44.5 Å². The van der Waals surface area contributed by atoms with Crippen LogP contribution in [0.2, 0.25) is 0 Å². The minimum Gasteiger partial charge on any atom is -0.489 e. The van der Waals surface area contributed by atoms with Crippen LogP contribution in [0.25, 0.3) is 0 Å². The first-order valence-corrected chi connectivity index (χ1v) is 14.2. The standard InChI is InChI=1S/C16H17NO.C16H19NO/c1-3-10-9-12-11-4-2-6-14-16(11,7-8-17-12)15(10)13(5-1)18-14;1-2-17-12-9-10-5-3-7-13-15(10)16-11(12)6-4-8-14(16)18-13/h1-5,11-12,14,17H,6-9H2;3-7,11-12,14,16-17H,2,8-9H2,1H3/t11-,12+,14-,16+;/m0./s1. The fourth-order valence-electron chi connectivity index (χ4n) is 8.95. The molecule has 0 aromatic heterocycles. The molecule has 1 saturated heterocycles. The van der Waals surface area contributed by atoms with Crippen LogP contribution in [0.4, 0.5) is 0 Å². The molecular weight excluding hydrogens is 444 g/mol. The monoisotopic (exact) mass is 480 g/mol. The Morgan fingerprint density at radius 1 is 0.972 bits per heavy atom. The van der Waals surface area contributed by atoms with Gasteiger partial charge in [0.1, 0.15) is 23.7 Å². The Hall–Kier alpha value is -2.56. The molecule has 1 fully saturated rings. The van der Waals surface area contributed by atoms with Crippen molar-refractivity contribution in [3.05, 3.63) is 83.0 Å². The fourth-order valence-corrected chi connectivity index (χ4v) is 8.95. The highest BCUT2D eigenvalue weighted by atomic mass is 16.5. The van der Waals surface area contributed by atoms with Crippen LogP contribution in [0.3, 0.4) is 0 Å². The second-order valence-corrected chi connectivity index (χ2v) is 11.8. The topological polar surface area (TPSA) is 42.5 Å². The molecule has 3 heterocycles. The van der Waals surface area contributed by atoms with Gasteiger partial charge >= 0.3 is 0 Å². The highest BCUT2D eigenvalue weighted by molar-refractivity contribution is 5.56. The van der Waals surface area contributed by atoms with E-state index >= 15 is 0 Å². The molecule has 4 nitrogen and oxygen atoms in total. The van der Waals surface area contributed by atoms with Gasteiger partial charge in [0, 0.05) is 59.2 Å². The Morgan fingerprint density at radius 2 is 1.83 bits per heavy atom. The average Bonchev–Trinajstić information content (AvgIpc) is 3.44. The summed E-state index contributed by atoms with van der Waals surface area (Å²) >= 11 is 0. The molecule has 186 valence electrons. The Balaban J connectivity index is 0.000000114. The highest BCUT2D eigenvalue weighted by Crippen LogP contribution is 2.59. The van der Waals surface area contributed by atoms with Gasteiger partial charge < -0.3 is 20.1 Å². The molecule has 4 unspecified atom stereocenters. The molecule has 0 amide bonds. The van der Waals surface area contributed by atoms with E-state index in [2.05, 4.69) is 78.3 Å². The number of ether oxygens (including phenoxy) is 2. The predicted octanol–water partition coefficient (Wildman–Crippen LogP) is 4.82. The van der Waals surface area contributed by atoms with E-state index in [1.165, 1.54) is 28.9 Å². The third kappa shape index (κ3) is 2.83. The molecule has 2 aromatic rings. The molecule has 4 aliphatic carbocycles. The molecule has 7 aliphatic rings. The molecule has 4 heteroatoms. The molecule has 2 bridgehead atoms. The number of benzene rings is 2. The van der Waals surface area contributed by atoms with E-state index in [1.807, 2.05) is 0 Å². The van der Waals surface area contributed by atoms with Gasteiger partial charge in [0.05, 0.1) is 0 Å². The van der Waals surface area contributed by atoms with Gasteiger partial charge in [0.25, 0.3) is 0 Å². The number of likely N-dealkylation sites (N-methyl/N-ethyl adjacent to an activating group) is 1. The number of piperidine rings is 1. The third-order valence-electron chi connectivity index (χ3n) is 10.2. The van der Waals surface area contributed by atoms with Crippen LogP contribution < -0.4 is 20.1 Å². The van der Waals surface area contributed by atoms with Crippen molar-refractivity contribution in [3.63, 3.8) is 0 Å². The lowest BCUT2D eigenvalue weighted by molar-refractivity contribution is 0.0565. The second-order valence-electron chi connectivity index (χ2n) is 11.8. The zero-order valence-corrected chi connectivity index (χ0v) is 21.1. The number of hydrogen-bond acceptors (Lipinski definition) is 4. The largest absolute Gasteiger partial charge is 0.489 e. The average molecular weight is 481 g/mol. The smallest absolute Gasteiger partial charge is 0.123 e. The molecule has 9 rings (SSSR count). The zero-order chi connectivity index (χ0) is 23.9. The van der Waals surface area contributed by atoms with Gasteiger partial charge in [-0.05, 0) is 55.6 Å². The Labute approximate surface area is 214 Å². The van der Waals surface area contributed by atoms with Gasteiger partial charge in [-0.25, -0.2) is 0 Å². The molecular formula is C32H36N2O2. The molecule has 3 aliphatic heterocycles. The lowest BCUT2D eigenvalue weighted by Gasteiger charge is -2.53. The Kier molecular flexibility index (Phi) is 4.76. The van der Waals surface area contributed by atoms with Crippen LogP contribution in [0.15, 0.2) is 60.7 Å². The molecule has 0 radical (unpaired) electrons. The minimum absolute atomic E-state index is 0.287. The van der Waals surface area contributed by atoms with E-state index < -0.39 is 0 Å². The second kappa shape index (κ2) is 7.97. The van der Waals surface area contributed by atoms with Crippen molar-refractivity contribution in [2.24, 2.45) is 11.8 Å². The van der Waals surface area contributed by atoms with Crippen LogP contribution >= 0.6 is 0 Å². The third-order valence-corrected chi connectivity index (χ3v) is 10.2. The van der Waals surface area contributed by atoms with Crippen molar-refractivity contribution < 1.29 is 9.47 Å². The van der Waals surface area contributed by atoms with Crippen LogP contribution in [0.5, 0.6) is 11.5 Å². The van der Waals surface area contributed by atoms with E-state index in [-0.39, 0.29) is 5.41 Å². The molecule has 8 atom stereocenters. The first-order valence-electron chi connectivity index (χ1n) is 14.2. The number of rotatable bonds is 2.